The first-order valence-electron chi connectivity index (χ1n) is 8.23. The summed E-state index contributed by atoms with van der Waals surface area (Å²) < 4.78 is 0. The molecule has 3 aromatic rings. The van der Waals surface area contributed by atoms with Crippen LogP contribution in [0.2, 0.25) is 0 Å². The Kier molecular flexibility index (Phi) is 5.04. The summed E-state index contributed by atoms with van der Waals surface area (Å²) in [7, 11) is 0. The van der Waals surface area contributed by atoms with Crippen molar-refractivity contribution in [2.24, 2.45) is 0 Å². The van der Waals surface area contributed by atoms with Gasteiger partial charge in [-0.2, -0.15) is 0 Å². The van der Waals surface area contributed by atoms with E-state index < -0.39 is 0 Å². The summed E-state index contributed by atoms with van der Waals surface area (Å²) in [5.41, 5.74) is 2.21. The molecule has 25 heavy (non-hydrogen) atoms. The summed E-state index contributed by atoms with van der Waals surface area (Å²) in [5, 5.41) is 6.45. The van der Waals surface area contributed by atoms with Crippen LogP contribution in [0, 0.1) is 0 Å². The van der Waals surface area contributed by atoms with Gasteiger partial charge in [-0.15, -0.1) is 0 Å². The Morgan fingerprint density at radius 3 is 2.56 bits per heavy atom. The molecule has 5 nitrogen and oxygen atoms in total. The number of pyridine rings is 1. The molecule has 5 heteroatoms. The van der Waals surface area contributed by atoms with Gasteiger partial charge in [-0.3, -0.25) is 14.6 Å². The second-order valence-corrected chi connectivity index (χ2v) is 5.63. The molecule has 2 aromatic carbocycles. The maximum Gasteiger partial charge on any atom is 0.256 e. The minimum absolute atomic E-state index is 0.197. The number of benzene rings is 2. The second kappa shape index (κ2) is 7.57. The van der Waals surface area contributed by atoms with E-state index in [0.29, 0.717) is 23.4 Å². The Hall–Kier alpha value is -3.21. The lowest BCUT2D eigenvalue weighted by molar-refractivity contribution is 0.0954. The first kappa shape index (κ1) is 16.6. The highest BCUT2D eigenvalue weighted by atomic mass is 16.2. The molecule has 0 radical (unpaired) electrons. The lowest BCUT2D eigenvalue weighted by Crippen LogP contribution is -2.25. The SMILES string of the molecule is CCCNC(=O)c1ccccc1NC(=O)c1cccc2ncccc12. The van der Waals surface area contributed by atoms with Crippen molar-refractivity contribution in [2.45, 2.75) is 13.3 Å². The normalized spacial score (nSPS) is 10.4. The summed E-state index contributed by atoms with van der Waals surface area (Å²) >= 11 is 0. The van der Waals surface area contributed by atoms with Crippen LogP contribution in [0.3, 0.4) is 0 Å². The molecule has 0 aliphatic rings. The smallest absolute Gasteiger partial charge is 0.256 e. The molecule has 1 heterocycles. The van der Waals surface area contributed by atoms with E-state index in [2.05, 4.69) is 15.6 Å². The third-order valence-corrected chi connectivity index (χ3v) is 3.85. The molecule has 0 atom stereocenters. The van der Waals surface area contributed by atoms with E-state index in [1.165, 1.54) is 0 Å². The topological polar surface area (TPSA) is 71.1 Å². The monoisotopic (exact) mass is 333 g/mol. The molecule has 0 saturated heterocycles. The maximum absolute atomic E-state index is 12.7. The van der Waals surface area contributed by atoms with Gasteiger partial charge >= 0.3 is 0 Å². The Morgan fingerprint density at radius 2 is 1.72 bits per heavy atom. The third kappa shape index (κ3) is 3.66. The summed E-state index contributed by atoms with van der Waals surface area (Å²) in [5.74, 6) is -0.466. The van der Waals surface area contributed by atoms with Gasteiger partial charge in [0, 0.05) is 23.7 Å². The Balaban J connectivity index is 1.90. The highest BCUT2D eigenvalue weighted by molar-refractivity contribution is 6.14. The molecule has 0 saturated carbocycles. The molecule has 3 rings (SSSR count). The number of nitrogens with zero attached hydrogens (tertiary/aromatic N) is 1. The molecule has 0 spiro atoms. The Labute approximate surface area is 146 Å². The van der Waals surface area contributed by atoms with E-state index in [1.807, 2.05) is 19.1 Å². The van der Waals surface area contributed by atoms with Crippen molar-refractivity contribution in [1.82, 2.24) is 10.3 Å². The first-order chi connectivity index (χ1) is 12.2. The summed E-state index contributed by atoms with van der Waals surface area (Å²) in [6.07, 6.45) is 2.54. The lowest BCUT2D eigenvalue weighted by atomic mass is 10.1. The molecule has 126 valence electrons. The third-order valence-electron chi connectivity index (χ3n) is 3.85. The van der Waals surface area contributed by atoms with Gasteiger partial charge < -0.3 is 10.6 Å². The second-order valence-electron chi connectivity index (χ2n) is 5.63. The minimum atomic E-state index is -0.269. The fraction of sp³-hybridized carbons (Fsp3) is 0.150. The van der Waals surface area contributed by atoms with E-state index >= 15 is 0 Å². The van der Waals surface area contributed by atoms with Gasteiger partial charge in [0.2, 0.25) is 0 Å². The fourth-order valence-electron chi connectivity index (χ4n) is 2.61. The Morgan fingerprint density at radius 1 is 0.920 bits per heavy atom. The predicted molar refractivity (Wildman–Crippen MR) is 98.8 cm³/mol. The molecule has 0 aliphatic carbocycles. The van der Waals surface area contributed by atoms with Gasteiger partial charge in [-0.25, -0.2) is 0 Å². The summed E-state index contributed by atoms with van der Waals surface area (Å²) in [6.45, 7) is 2.58. The van der Waals surface area contributed by atoms with Gasteiger partial charge in [-0.1, -0.05) is 31.2 Å². The van der Waals surface area contributed by atoms with Gasteiger partial charge in [0.15, 0.2) is 0 Å². The van der Waals surface area contributed by atoms with Gasteiger partial charge in [-0.05, 0) is 36.8 Å². The van der Waals surface area contributed by atoms with Crippen LogP contribution in [0.1, 0.15) is 34.1 Å². The number of nitrogens with one attached hydrogen (secondary N) is 2. The summed E-state index contributed by atoms with van der Waals surface area (Å²) in [4.78, 5) is 29.3. The van der Waals surface area contributed by atoms with Crippen molar-refractivity contribution in [3.8, 4) is 0 Å². The molecule has 1 aromatic heterocycles. The zero-order chi connectivity index (χ0) is 17.6. The number of fused-ring (bicyclic) bond motifs is 1. The number of aromatic nitrogens is 1. The molecule has 0 bridgehead atoms. The van der Waals surface area contributed by atoms with E-state index in [0.717, 1.165) is 17.3 Å². The van der Waals surface area contributed by atoms with Crippen LogP contribution in [-0.2, 0) is 0 Å². The van der Waals surface area contributed by atoms with Crippen molar-refractivity contribution in [3.05, 3.63) is 71.9 Å². The van der Waals surface area contributed by atoms with E-state index in [9.17, 15) is 9.59 Å². The number of anilines is 1. The van der Waals surface area contributed by atoms with Crippen molar-refractivity contribution in [2.75, 3.05) is 11.9 Å². The molecular weight excluding hydrogens is 314 g/mol. The molecule has 0 aliphatic heterocycles. The lowest BCUT2D eigenvalue weighted by Gasteiger charge is -2.12. The molecule has 2 N–H and O–H groups in total. The zero-order valence-electron chi connectivity index (χ0n) is 14.0. The zero-order valence-corrected chi connectivity index (χ0v) is 14.0. The number of hydrogen-bond acceptors (Lipinski definition) is 3. The fourth-order valence-corrected chi connectivity index (χ4v) is 2.61. The molecule has 2 amide bonds. The van der Waals surface area contributed by atoms with Crippen LogP contribution in [0.4, 0.5) is 5.69 Å². The van der Waals surface area contributed by atoms with Crippen molar-refractivity contribution >= 4 is 28.4 Å². The van der Waals surface area contributed by atoms with Crippen LogP contribution in [0.25, 0.3) is 10.9 Å². The van der Waals surface area contributed by atoms with Gasteiger partial charge in [0.25, 0.3) is 11.8 Å². The largest absolute Gasteiger partial charge is 0.352 e. The standard InChI is InChI=1S/C20H19N3O2/c1-2-12-22-19(24)16-7-3-4-10-18(16)23-20(25)15-8-5-11-17-14(15)9-6-13-21-17/h3-11,13H,2,12H2,1H3,(H,22,24)(H,23,25). The average molecular weight is 333 g/mol. The van der Waals surface area contributed by atoms with Crippen LogP contribution in [0.5, 0.6) is 0 Å². The predicted octanol–water partition coefficient (Wildman–Crippen LogP) is 3.63. The number of carbonyl (C=O) groups is 2. The van der Waals surface area contributed by atoms with Crippen LogP contribution < -0.4 is 10.6 Å². The quantitative estimate of drug-likeness (QED) is 0.749. The highest BCUT2D eigenvalue weighted by Gasteiger charge is 2.15. The first-order valence-corrected chi connectivity index (χ1v) is 8.23. The van der Waals surface area contributed by atoms with E-state index in [1.54, 1.807) is 48.7 Å². The van der Waals surface area contributed by atoms with Gasteiger partial charge in [0.1, 0.15) is 0 Å². The number of carbonyl (C=O) groups excluding carboxylic acids is 2. The number of hydrogen-bond donors (Lipinski definition) is 2. The molecule has 0 fully saturated rings. The molecule has 0 unspecified atom stereocenters. The minimum Gasteiger partial charge on any atom is -0.352 e. The van der Waals surface area contributed by atoms with E-state index in [4.69, 9.17) is 0 Å². The van der Waals surface area contributed by atoms with Crippen molar-refractivity contribution < 1.29 is 9.59 Å². The van der Waals surface area contributed by atoms with Crippen molar-refractivity contribution in [1.29, 1.82) is 0 Å². The van der Waals surface area contributed by atoms with Crippen molar-refractivity contribution in [3.63, 3.8) is 0 Å². The number of rotatable bonds is 5. The number of para-hydroxylation sites is 1. The van der Waals surface area contributed by atoms with Crippen LogP contribution in [-0.4, -0.2) is 23.3 Å². The Bertz CT molecular complexity index is 916. The van der Waals surface area contributed by atoms with Crippen LogP contribution in [0.15, 0.2) is 60.8 Å². The van der Waals surface area contributed by atoms with Gasteiger partial charge in [0.05, 0.1) is 16.8 Å². The maximum atomic E-state index is 12.7. The van der Waals surface area contributed by atoms with Crippen LogP contribution >= 0.6 is 0 Å². The molecular formula is C20H19N3O2. The highest BCUT2D eigenvalue weighted by Crippen LogP contribution is 2.20. The van der Waals surface area contributed by atoms with E-state index in [-0.39, 0.29) is 11.8 Å². The summed E-state index contributed by atoms with van der Waals surface area (Å²) in [6, 6.07) is 16.0. The number of amides is 2. The average Bonchev–Trinajstić information content (AvgIpc) is 2.66.